The van der Waals surface area contributed by atoms with Gasteiger partial charge in [0.1, 0.15) is 0 Å². The van der Waals surface area contributed by atoms with Crippen LogP contribution in [0, 0.1) is 0 Å². The fourth-order valence-corrected chi connectivity index (χ4v) is 3.83. The third kappa shape index (κ3) is 4.06. The van der Waals surface area contributed by atoms with Gasteiger partial charge in [-0.05, 0) is 46.3 Å². The topological polar surface area (TPSA) is 31.6 Å². The van der Waals surface area contributed by atoms with Crippen molar-refractivity contribution in [3.05, 3.63) is 33.6 Å². The van der Waals surface area contributed by atoms with Crippen LogP contribution < -0.4 is 4.74 Å². The lowest BCUT2D eigenvalue weighted by molar-refractivity contribution is 0.292. The average Bonchev–Trinajstić information content (AvgIpc) is 2.91. The van der Waals surface area contributed by atoms with E-state index >= 15 is 0 Å². The summed E-state index contributed by atoms with van der Waals surface area (Å²) in [5, 5.41) is 1.35. The van der Waals surface area contributed by atoms with E-state index in [9.17, 15) is 0 Å². The second kappa shape index (κ2) is 7.62. The Balaban J connectivity index is 2.27. The average molecular weight is 458 g/mol. The summed E-state index contributed by atoms with van der Waals surface area (Å²) in [5.41, 5.74) is 3.13. The van der Waals surface area contributed by atoms with Crippen LogP contribution in [0.15, 0.2) is 26.9 Å². The van der Waals surface area contributed by atoms with Gasteiger partial charge in [-0.15, -0.1) is 0 Å². The Kier molecular flexibility index (Phi) is 6.20. The lowest BCUT2D eigenvalue weighted by atomic mass is 10.0. The van der Waals surface area contributed by atoms with Crippen LogP contribution >= 0.6 is 22.6 Å². The molecule has 1 aromatic heterocycles. The molecule has 2 aromatic rings. The number of halogens is 1. The minimum absolute atomic E-state index is 0.226. The number of methoxy groups -OCH3 is 1. The summed E-state index contributed by atoms with van der Waals surface area (Å²) in [7, 11) is -0.0509. The van der Waals surface area contributed by atoms with E-state index in [1.54, 1.807) is 7.11 Å². The minimum Gasteiger partial charge on any atom is -0.493 e. The van der Waals surface area contributed by atoms with E-state index in [-0.39, 0.29) is 5.04 Å². The molecule has 0 N–H and O–H groups in total. The number of benzene rings is 1. The molecule has 5 heteroatoms. The van der Waals surface area contributed by atoms with E-state index in [4.69, 9.17) is 13.6 Å². The molecule has 3 nitrogen and oxygen atoms in total. The Morgan fingerprint density at radius 1 is 1.25 bits per heavy atom. The van der Waals surface area contributed by atoms with Gasteiger partial charge in [0, 0.05) is 17.6 Å². The summed E-state index contributed by atoms with van der Waals surface area (Å²) in [4.78, 5) is 0. The van der Waals surface area contributed by atoms with Crippen molar-refractivity contribution < 1.29 is 13.6 Å². The molecule has 0 saturated heterocycles. The van der Waals surface area contributed by atoms with Crippen LogP contribution in [-0.2, 0) is 10.8 Å². The molecule has 0 aliphatic carbocycles. The molecule has 0 aliphatic rings. The number of rotatable bonds is 6. The van der Waals surface area contributed by atoms with Gasteiger partial charge < -0.3 is 13.6 Å². The van der Waals surface area contributed by atoms with E-state index in [0.29, 0.717) is 0 Å². The van der Waals surface area contributed by atoms with Crippen molar-refractivity contribution in [3.8, 4) is 5.75 Å². The molecule has 0 unspecified atom stereocenters. The number of hydrogen-bond acceptors (Lipinski definition) is 3. The first kappa shape index (κ1) is 19.5. The summed E-state index contributed by atoms with van der Waals surface area (Å²) in [6, 6.07) is 4.03. The molecule has 1 aromatic carbocycles. The number of fused-ring (bicyclic) bond motifs is 1. The molecule has 24 heavy (non-hydrogen) atoms. The van der Waals surface area contributed by atoms with Gasteiger partial charge in [-0.3, -0.25) is 0 Å². The maximum absolute atomic E-state index is 6.32. The lowest BCUT2D eigenvalue weighted by Crippen LogP contribution is -2.41. The molecule has 0 atom stereocenters. The van der Waals surface area contributed by atoms with Gasteiger partial charge >= 0.3 is 0 Å². The van der Waals surface area contributed by atoms with Crippen LogP contribution in [0.5, 0.6) is 5.75 Å². The molecular formula is C19H27IO3Si. The van der Waals surface area contributed by atoms with Crippen LogP contribution in [0.2, 0.25) is 18.1 Å². The highest BCUT2D eigenvalue weighted by Crippen LogP contribution is 2.37. The molecule has 0 bridgehead atoms. The lowest BCUT2D eigenvalue weighted by Gasteiger charge is -2.36. The normalized spacial score (nSPS) is 13.1. The van der Waals surface area contributed by atoms with Gasteiger partial charge in [0.2, 0.25) is 0 Å². The van der Waals surface area contributed by atoms with E-state index in [1.165, 1.54) is 5.56 Å². The maximum atomic E-state index is 6.32. The molecule has 1 heterocycles. The summed E-state index contributed by atoms with van der Waals surface area (Å²) < 4.78 is 19.6. The Morgan fingerprint density at radius 3 is 2.54 bits per heavy atom. The van der Waals surface area contributed by atoms with E-state index in [1.807, 2.05) is 16.4 Å². The predicted octanol–water partition coefficient (Wildman–Crippen LogP) is 6.41. The standard InChI is InChI=1S/C19H27IO3Si/c1-19(2,3)24(5,6)23-12-10-15-13-22-18-16(21-4)8-7-14(9-11-20)17(15)18/h7-9,11,13H,10,12H2,1-6H3/b11-9-. The fourth-order valence-electron chi connectivity index (χ4n) is 2.40. The van der Waals surface area contributed by atoms with Crippen molar-refractivity contribution >= 4 is 48.0 Å². The van der Waals surface area contributed by atoms with Crippen LogP contribution in [-0.4, -0.2) is 22.0 Å². The largest absolute Gasteiger partial charge is 0.493 e. The maximum Gasteiger partial charge on any atom is 0.191 e. The van der Waals surface area contributed by atoms with E-state index < -0.39 is 8.32 Å². The number of ether oxygens (including phenoxy) is 1. The summed E-state index contributed by atoms with van der Waals surface area (Å²) in [6.07, 6.45) is 4.78. The Bertz CT molecular complexity index is 726. The zero-order valence-corrected chi connectivity index (χ0v) is 18.6. The smallest absolute Gasteiger partial charge is 0.191 e. The monoisotopic (exact) mass is 458 g/mol. The molecule has 0 radical (unpaired) electrons. The fraction of sp³-hybridized carbons (Fsp3) is 0.474. The molecule has 132 valence electrons. The van der Waals surface area contributed by atoms with Crippen LogP contribution in [0.3, 0.4) is 0 Å². The van der Waals surface area contributed by atoms with Gasteiger partial charge in [0.15, 0.2) is 19.6 Å². The first-order valence-corrected chi connectivity index (χ1v) is 12.3. The highest BCUT2D eigenvalue weighted by Gasteiger charge is 2.36. The number of hydrogen-bond donors (Lipinski definition) is 0. The molecule has 0 amide bonds. The predicted molar refractivity (Wildman–Crippen MR) is 113 cm³/mol. The van der Waals surface area contributed by atoms with Gasteiger partial charge in [-0.25, -0.2) is 0 Å². The zero-order valence-electron chi connectivity index (χ0n) is 15.4. The third-order valence-corrected chi connectivity index (χ3v) is 9.79. The molecule has 0 aliphatic heterocycles. The van der Waals surface area contributed by atoms with E-state index in [0.717, 1.165) is 35.3 Å². The van der Waals surface area contributed by atoms with Gasteiger partial charge in [-0.2, -0.15) is 0 Å². The summed E-state index contributed by atoms with van der Waals surface area (Å²) in [6.45, 7) is 12.1. The quantitative estimate of drug-likeness (QED) is 0.370. The van der Waals surface area contributed by atoms with E-state index in [2.05, 4.69) is 68.6 Å². The highest BCUT2D eigenvalue weighted by atomic mass is 127. The van der Waals surface area contributed by atoms with Crippen LogP contribution in [0.4, 0.5) is 0 Å². The van der Waals surface area contributed by atoms with Crippen molar-refractivity contribution in [2.24, 2.45) is 0 Å². The van der Waals surface area contributed by atoms with Gasteiger partial charge in [0.25, 0.3) is 0 Å². The van der Waals surface area contributed by atoms with Crippen LogP contribution in [0.1, 0.15) is 31.9 Å². The first-order chi connectivity index (χ1) is 11.2. The molecule has 0 saturated carbocycles. The third-order valence-electron chi connectivity index (χ3n) is 4.90. The van der Waals surface area contributed by atoms with Crippen molar-refractivity contribution in [2.75, 3.05) is 13.7 Å². The molecule has 0 spiro atoms. The van der Waals surface area contributed by atoms with Gasteiger partial charge in [-0.1, -0.05) is 49.4 Å². The number of furan rings is 1. The van der Waals surface area contributed by atoms with Crippen molar-refractivity contribution in [2.45, 2.75) is 45.3 Å². The Hall–Kier alpha value is -0.793. The summed E-state index contributed by atoms with van der Waals surface area (Å²) >= 11 is 2.24. The SMILES string of the molecule is COc1ccc(/C=C\I)c2c(CCO[Si](C)(C)C(C)(C)C)coc12. The Labute approximate surface area is 159 Å². The van der Waals surface area contributed by atoms with Crippen molar-refractivity contribution in [1.82, 2.24) is 0 Å². The zero-order chi connectivity index (χ0) is 18.0. The second-order valence-electron chi connectivity index (χ2n) is 7.47. The van der Waals surface area contributed by atoms with Gasteiger partial charge in [0.05, 0.1) is 13.4 Å². The molecular weight excluding hydrogens is 431 g/mol. The highest BCUT2D eigenvalue weighted by molar-refractivity contribution is 14.1. The second-order valence-corrected chi connectivity index (χ2v) is 13.0. The molecule has 0 fully saturated rings. The molecule has 2 rings (SSSR count). The van der Waals surface area contributed by atoms with Crippen LogP contribution in [0.25, 0.3) is 17.0 Å². The van der Waals surface area contributed by atoms with Crippen molar-refractivity contribution in [3.63, 3.8) is 0 Å². The van der Waals surface area contributed by atoms with Crippen molar-refractivity contribution in [1.29, 1.82) is 0 Å². The Morgan fingerprint density at radius 2 is 1.96 bits per heavy atom. The minimum atomic E-state index is -1.72. The first-order valence-electron chi connectivity index (χ1n) is 8.19. The summed E-state index contributed by atoms with van der Waals surface area (Å²) in [5.74, 6) is 0.771.